The van der Waals surface area contributed by atoms with Gasteiger partial charge in [-0.25, -0.2) is 4.98 Å². The number of nitrogens with zero attached hydrogens (tertiary/aromatic N) is 4. The zero-order chi connectivity index (χ0) is 22.8. The Kier molecular flexibility index (Phi) is 5.68. The number of methoxy groups -OCH3 is 1. The van der Waals surface area contributed by atoms with Crippen molar-refractivity contribution in [1.82, 2.24) is 14.9 Å². The van der Waals surface area contributed by atoms with Crippen LogP contribution in [0.2, 0.25) is 0 Å². The number of rotatable bonds is 5. The lowest BCUT2D eigenvalue weighted by Crippen LogP contribution is -2.49. The second kappa shape index (κ2) is 8.93. The zero-order valence-corrected chi connectivity index (χ0v) is 18.4. The first-order valence-electron chi connectivity index (χ1n) is 11.1. The molecule has 5 rings (SSSR count). The second-order valence-corrected chi connectivity index (χ2v) is 8.08. The normalized spacial score (nSPS) is 15.8. The van der Waals surface area contributed by atoms with Crippen LogP contribution in [0.15, 0.2) is 47.1 Å². The number of hydrogen-bond donors (Lipinski definition) is 1. The Balaban J connectivity index is 1.38. The number of Topliss-reactive ketones (excluding diaryl/α,β-unsaturated/α-hetero) is 1. The van der Waals surface area contributed by atoms with Gasteiger partial charge in [-0.05, 0) is 49.2 Å². The predicted octanol–water partition coefficient (Wildman–Crippen LogP) is 3.30. The van der Waals surface area contributed by atoms with E-state index in [0.29, 0.717) is 55.7 Å². The van der Waals surface area contributed by atoms with Gasteiger partial charge in [-0.15, -0.1) is 0 Å². The van der Waals surface area contributed by atoms with Crippen LogP contribution in [0.4, 0.5) is 17.5 Å². The van der Waals surface area contributed by atoms with Gasteiger partial charge in [-0.1, -0.05) is 0 Å². The first-order chi connectivity index (χ1) is 16.1. The van der Waals surface area contributed by atoms with Crippen LogP contribution in [-0.2, 0) is 6.42 Å². The van der Waals surface area contributed by atoms with E-state index < -0.39 is 0 Å². The summed E-state index contributed by atoms with van der Waals surface area (Å²) in [7, 11) is 1.62. The van der Waals surface area contributed by atoms with Crippen molar-refractivity contribution in [2.24, 2.45) is 0 Å². The van der Waals surface area contributed by atoms with Crippen LogP contribution >= 0.6 is 0 Å². The molecule has 9 nitrogen and oxygen atoms in total. The second-order valence-electron chi connectivity index (χ2n) is 8.08. The molecule has 1 saturated heterocycles. The molecule has 9 heteroatoms. The minimum Gasteiger partial charge on any atom is -0.497 e. The number of furan rings is 1. The third-order valence-corrected chi connectivity index (χ3v) is 6.00. The molecule has 3 aromatic rings. The topological polar surface area (TPSA) is 101 Å². The summed E-state index contributed by atoms with van der Waals surface area (Å²) in [5, 5.41) is 3.31. The molecule has 1 aliphatic heterocycles. The number of hydrogen-bond acceptors (Lipinski definition) is 8. The van der Waals surface area contributed by atoms with Gasteiger partial charge in [0.25, 0.3) is 5.91 Å². The highest BCUT2D eigenvalue weighted by Gasteiger charge is 2.29. The first kappa shape index (κ1) is 21.0. The standard InChI is InChI=1S/C24H25N5O4/c1-32-17-9-7-16(8-10-17)25-22-21-18(4-2-5-19(21)30)26-24(27-22)29-13-11-28(12-14-29)23(31)20-6-3-15-33-20/h3,6-10,15H,2,4-5,11-14H2,1H3,(H,25,26,27). The van der Waals surface area contributed by atoms with E-state index in [9.17, 15) is 9.59 Å². The van der Waals surface area contributed by atoms with Crippen molar-refractivity contribution in [1.29, 1.82) is 0 Å². The van der Waals surface area contributed by atoms with Crippen molar-refractivity contribution in [3.05, 3.63) is 59.7 Å². The molecule has 0 bridgehead atoms. The van der Waals surface area contributed by atoms with Crippen LogP contribution < -0.4 is 15.0 Å². The lowest BCUT2D eigenvalue weighted by molar-refractivity contribution is 0.0714. The van der Waals surface area contributed by atoms with Crippen LogP contribution in [0.3, 0.4) is 0 Å². The van der Waals surface area contributed by atoms with E-state index in [1.165, 1.54) is 6.26 Å². The van der Waals surface area contributed by atoms with Gasteiger partial charge >= 0.3 is 0 Å². The van der Waals surface area contributed by atoms with Crippen LogP contribution in [0.5, 0.6) is 5.75 Å². The molecule has 2 aliphatic rings. The van der Waals surface area contributed by atoms with Crippen LogP contribution in [0, 0.1) is 0 Å². The monoisotopic (exact) mass is 447 g/mol. The molecule has 2 aromatic heterocycles. The van der Waals surface area contributed by atoms with Gasteiger partial charge in [0.15, 0.2) is 11.5 Å². The van der Waals surface area contributed by atoms with E-state index in [1.807, 2.05) is 24.3 Å². The van der Waals surface area contributed by atoms with Gasteiger partial charge in [0.2, 0.25) is 5.95 Å². The zero-order valence-electron chi connectivity index (χ0n) is 18.4. The minimum atomic E-state index is -0.113. The summed E-state index contributed by atoms with van der Waals surface area (Å²) >= 11 is 0. The number of piperazine rings is 1. The fraction of sp³-hybridized carbons (Fsp3) is 0.333. The van der Waals surface area contributed by atoms with Gasteiger partial charge in [0.1, 0.15) is 11.6 Å². The van der Waals surface area contributed by atoms with E-state index in [0.717, 1.165) is 30.0 Å². The molecule has 0 radical (unpaired) electrons. The van der Waals surface area contributed by atoms with Crippen molar-refractivity contribution in [3.63, 3.8) is 0 Å². The Hall–Kier alpha value is -3.88. The average Bonchev–Trinajstić information content (AvgIpc) is 3.39. The summed E-state index contributed by atoms with van der Waals surface area (Å²) in [6, 6.07) is 10.9. The molecule has 0 unspecified atom stereocenters. The molecule has 170 valence electrons. The fourth-order valence-corrected chi connectivity index (χ4v) is 4.22. The highest BCUT2D eigenvalue weighted by atomic mass is 16.5. The number of aryl methyl sites for hydroxylation is 1. The molecule has 1 N–H and O–H groups in total. The molecular formula is C24H25N5O4. The molecule has 1 fully saturated rings. The average molecular weight is 447 g/mol. The molecular weight excluding hydrogens is 422 g/mol. The third kappa shape index (κ3) is 4.26. The maximum atomic E-state index is 12.7. The quantitative estimate of drug-likeness (QED) is 0.636. The molecule has 0 spiro atoms. The molecule has 3 heterocycles. The summed E-state index contributed by atoms with van der Waals surface area (Å²) in [5.74, 6) is 2.15. The number of benzene rings is 1. The Morgan fingerprint density at radius 3 is 2.55 bits per heavy atom. The van der Waals surface area contributed by atoms with Crippen molar-refractivity contribution >= 4 is 29.1 Å². The highest BCUT2D eigenvalue weighted by molar-refractivity contribution is 6.03. The summed E-state index contributed by atoms with van der Waals surface area (Å²) in [5.41, 5.74) is 2.17. The maximum Gasteiger partial charge on any atom is 0.289 e. The van der Waals surface area contributed by atoms with E-state index >= 15 is 0 Å². The number of fused-ring (bicyclic) bond motifs is 1. The van der Waals surface area contributed by atoms with Gasteiger partial charge in [-0.2, -0.15) is 4.98 Å². The van der Waals surface area contributed by atoms with Gasteiger partial charge < -0.3 is 24.3 Å². The largest absolute Gasteiger partial charge is 0.497 e. The van der Waals surface area contributed by atoms with E-state index in [2.05, 4.69) is 10.2 Å². The molecule has 0 atom stereocenters. The van der Waals surface area contributed by atoms with Crippen LogP contribution in [0.1, 0.15) is 39.4 Å². The third-order valence-electron chi connectivity index (χ3n) is 6.00. The highest BCUT2D eigenvalue weighted by Crippen LogP contribution is 2.30. The SMILES string of the molecule is COc1ccc(Nc2nc(N3CCN(C(=O)c4ccco4)CC3)nc3c2C(=O)CCC3)cc1. The van der Waals surface area contributed by atoms with Crippen molar-refractivity contribution in [3.8, 4) is 5.75 Å². The maximum absolute atomic E-state index is 12.7. The lowest BCUT2D eigenvalue weighted by Gasteiger charge is -2.35. The summed E-state index contributed by atoms with van der Waals surface area (Å²) in [6.07, 6.45) is 3.53. The van der Waals surface area contributed by atoms with E-state index in [-0.39, 0.29) is 11.7 Å². The predicted molar refractivity (Wildman–Crippen MR) is 122 cm³/mol. The van der Waals surface area contributed by atoms with Gasteiger partial charge in [-0.3, -0.25) is 9.59 Å². The van der Waals surface area contributed by atoms with Crippen molar-refractivity contribution in [2.75, 3.05) is 43.5 Å². The number of amides is 1. The van der Waals surface area contributed by atoms with E-state index in [1.54, 1.807) is 24.1 Å². The Bertz CT molecular complexity index is 1150. The fourth-order valence-electron chi connectivity index (χ4n) is 4.22. The molecule has 1 aliphatic carbocycles. The Labute approximate surface area is 191 Å². The first-order valence-corrected chi connectivity index (χ1v) is 11.1. The number of aromatic nitrogens is 2. The Morgan fingerprint density at radius 1 is 1.06 bits per heavy atom. The number of ether oxygens (including phenoxy) is 1. The number of anilines is 3. The van der Waals surface area contributed by atoms with Crippen LogP contribution in [-0.4, -0.2) is 59.8 Å². The summed E-state index contributed by atoms with van der Waals surface area (Å²) < 4.78 is 10.5. The molecule has 1 amide bonds. The molecule has 0 saturated carbocycles. The van der Waals surface area contributed by atoms with Crippen molar-refractivity contribution in [2.45, 2.75) is 19.3 Å². The lowest BCUT2D eigenvalue weighted by atomic mass is 9.95. The summed E-state index contributed by atoms with van der Waals surface area (Å²) in [6.45, 7) is 2.28. The Morgan fingerprint density at radius 2 is 1.85 bits per heavy atom. The minimum absolute atomic E-state index is 0.0627. The van der Waals surface area contributed by atoms with Crippen molar-refractivity contribution < 1.29 is 18.7 Å². The van der Waals surface area contributed by atoms with Crippen LogP contribution in [0.25, 0.3) is 0 Å². The molecule has 1 aromatic carbocycles. The number of carbonyl (C=O) groups excluding carboxylic acids is 2. The summed E-state index contributed by atoms with van der Waals surface area (Å²) in [4.78, 5) is 38.6. The smallest absolute Gasteiger partial charge is 0.289 e. The van der Waals surface area contributed by atoms with Gasteiger partial charge in [0.05, 0.1) is 24.6 Å². The number of ketones is 1. The number of nitrogens with one attached hydrogen (secondary N) is 1. The van der Waals surface area contributed by atoms with E-state index in [4.69, 9.17) is 19.1 Å². The van der Waals surface area contributed by atoms with Gasteiger partial charge in [0, 0.05) is 38.3 Å². The molecule has 33 heavy (non-hydrogen) atoms. The number of carbonyl (C=O) groups is 2.